The highest BCUT2D eigenvalue weighted by Crippen LogP contribution is 2.29. The molecular formula is C17H26O. The first-order valence-electron chi connectivity index (χ1n) is 6.66. The third kappa shape index (κ3) is 2.82. The van der Waals surface area contributed by atoms with Gasteiger partial charge >= 0.3 is 0 Å². The number of Topliss-reactive ketones (excluding diaryl/α,β-unsaturated/α-hetero) is 1. The molecule has 0 aliphatic rings. The van der Waals surface area contributed by atoms with E-state index in [1.165, 1.54) is 16.7 Å². The number of ketones is 1. The quantitative estimate of drug-likeness (QED) is 0.682. The monoisotopic (exact) mass is 246 g/mol. The molecule has 0 aliphatic carbocycles. The number of rotatable bonds is 2. The number of carbonyl (C=O) groups is 1. The Bertz CT molecular complexity index is 458. The molecule has 0 radical (unpaired) electrons. The highest BCUT2D eigenvalue weighted by Gasteiger charge is 2.22. The maximum atomic E-state index is 12.5. The normalized spacial score (nSPS) is 11.8. The fourth-order valence-corrected chi connectivity index (χ4v) is 2.49. The number of carbonyl (C=O) groups excluding carboxylic acids is 1. The van der Waals surface area contributed by atoms with Crippen molar-refractivity contribution in [3.63, 3.8) is 0 Å². The maximum Gasteiger partial charge on any atom is 0.163 e. The van der Waals surface area contributed by atoms with Gasteiger partial charge in [0.2, 0.25) is 0 Å². The van der Waals surface area contributed by atoms with Crippen LogP contribution in [-0.2, 0) is 0 Å². The average molecular weight is 246 g/mol. The summed E-state index contributed by atoms with van der Waals surface area (Å²) in [6.07, 6.45) is 0.608. The summed E-state index contributed by atoms with van der Waals surface area (Å²) in [6, 6.07) is 0. The lowest BCUT2D eigenvalue weighted by atomic mass is 9.82. The number of hydrogen-bond acceptors (Lipinski definition) is 1. The zero-order chi connectivity index (χ0) is 14.2. The van der Waals surface area contributed by atoms with E-state index < -0.39 is 0 Å². The highest BCUT2D eigenvalue weighted by molar-refractivity contribution is 6.00. The lowest BCUT2D eigenvalue weighted by Gasteiger charge is -2.21. The summed E-state index contributed by atoms with van der Waals surface area (Å²) in [4.78, 5) is 12.5. The summed E-state index contributed by atoms with van der Waals surface area (Å²) in [5.41, 5.74) is 7.14. The van der Waals surface area contributed by atoms with Crippen molar-refractivity contribution < 1.29 is 4.79 Å². The number of benzene rings is 1. The molecule has 1 nitrogen and oxygen atoms in total. The van der Waals surface area contributed by atoms with Gasteiger partial charge in [-0.3, -0.25) is 4.79 Å². The summed E-state index contributed by atoms with van der Waals surface area (Å²) in [7, 11) is 0. The molecule has 0 N–H and O–H groups in total. The van der Waals surface area contributed by atoms with E-state index in [9.17, 15) is 4.79 Å². The Labute approximate surface area is 112 Å². The SMILES string of the molecule is Cc1c(C)c(C)c(C(=O)CC(C)(C)C)c(C)c1C. The second-order valence-corrected chi connectivity index (χ2v) is 6.66. The van der Waals surface area contributed by atoms with Gasteiger partial charge in [0.1, 0.15) is 0 Å². The molecule has 0 atom stereocenters. The molecule has 1 aromatic rings. The molecule has 18 heavy (non-hydrogen) atoms. The standard InChI is InChI=1S/C17H26O/c1-10-11(2)13(4)16(14(5)12(10)3)15(18)9-17(6,7)8/h9H2,1-8H3. The van der Waals surface area contributed by atoms with Gasteiger partial charge in [-0.15, -0.1) is 0 Å². The van der Waals surface area contributed by atoms with E-state index in [1.807, 2.05) is 0 Å². The van der Waals surface area contributed by atoms with E-state index in [4.69, 9.17) is 0 Å². The third-order valence-electron chi connectivity index (χ3n) is 3.97. The molecule has 0 saturated heterocycles. The molecule has 0 fully saturated rings. The predicted octanol–water partition coefficient (Wildman–Crippen LogP) is 4.85. The molecule has 0 bridgehead atoms. The molecule has 0 saturated carbocycles. The van der Waals surface area contributed by atoms with Crippen molar-refractivity contribution >= 4 is 5.78 Å². The second kappa shape index (κ2) is 4.87. The number of hydrogen-bond donors (Lipinski definition) is 0. The van der Waals surface area contributed by atoms with E-state index in [1.54, 1.807) is 0 Å². The van der Waals surface area contributed by atoms with Gasteiger partial charge in [-0.2, -0.15) is 0 Å². The van der Waals surface area contributed by atoms with Crippen LogP contribution >= 0.6 is 0 Å². The van der Waals surface area contributed by atoms with Crippen molar-refractivity contribution in [3.05, 3.63) is 33.4 Å². The molecule has 0 unspecified atom stereocenters. The van der Waals surface area contributed by atoms with E-state index in [0.29, 0.717) is 6.42 Å². The van der Waals surface area contributed by atoms with Crippen molar-refractivity contribution in [2.24, 2.45) is 5.41 Å². The smallest absolute Gasteiger partial charge is 0.163 e. The van der Waals surface area contributed by atoms with Crippen LogP contribution in [0.5, 0.6) is 0 Å². The van der Waals surface area contributed by atoms with Gasteiger partial charge < -0.3 is 0 Å². The summed E-state index contributed by atoms with van der Waals surface area (Å²) < 4.78 is 0. The lowest BCUT2D eigenvalue weighted by molar-refractivity contribution is 0.0938. The van der Waals surface area contributed by atoms with Crippen molar-refractivity contribution in [1.82, 2.24) is 0 Å². The average Bonchev–Trinajstić information content (AvgIpc) is 2.21. The minimum atomic E-state index is 0.0443. The summed E-state index contributed by atoms with van der Waals surface area (Å²) >= 11 is 0. The molecule has 0 aliphatic heterocycles. The van der Waals surface area contributed by atoms with Crippen LogP contribution in [0.4, 0.5) is 0 Å². The first kappa shape index (κ1) is 14.9. The van der Waals surface area contributed by atoms with Crippen LogP contribution in [0, 0.1) is 40.0 Å². The van der Waals surface area contributed by atoms with E-state index >= 15 is 0 Å². The van der Waals surface area contributed by atoms with E-state index in [-0.39, 0.29) is 11.2 Å². The first-order chi connectivity index (χ1) is 8.06. The van der Waals surface area contributed by atoms with Crippen molar-refractivity contribution in [1.29, 1.82) is 0 Å². The van der Waals surface area contributed by atoms with E-state index in [0.717, 1.165) is 16.7 Å². The molecule has 0 amide bonds. The molecule has 0 spiro atoms. The van der Waals surface area contributed by atoms with Crippen LogP contribution in [0.1, 0.15) is 65.4 Å². The van der Waals surface area contributed by atoms with Gasteiger partial charge in [0.15, 0.2) is 5.78 Å². The van der Waals surface area contributed by atoms with Crippen molar-refractivity contribution in [2.45, 2.75) is 61.8 Å². The Morgan fingerprint density at radius 2 is 1.11 bits per heavy atom. The topological polar surface area (TPSA) is 17.1 Å². The van der Waals surface area contributed by atoms with Crippen molar-refractivity contribution in [3.8, 4) is 0 Å². The largest absolute Gasteiger partial charge is 0.294 e. The summed E-state index contributed by atoms with van der Waals surface area (Å²) in [5.74, 6) is 0.281. The van der Waals surface area contributed by atoms with Crippen LogP contribution in [-0.4, -0.2) is 5.78 Å². The molecule has 100 valence electrons. The lowest BCUT2D eigenvalue weighted by Crippen LogP contribution is -2.16. The third-order valence-corrected chi connectivity index (χ3v) is 3.97. The second-order valence-electron chi connectivity index (χ2n) is 6.66. The molecule has 0 heterocycles. The van der Waals surface area contributed by atoms with Crippen LogP contribution in [0.3, 0.4) is 0 Å². The van der Waals surface area contributed by atoms with Crippen LogP contribution < -0.4 is 0 Å². The van der Waals surface area contributed by atoms with Crippen LogP contribution in [0.15, 0.2) is 0 Å². The van der Waals surface area contributed by atoms with Gasteiger partial charge in [-0.05, 0) is 67.9 Å². The van der Waals surface area contributed by atoms with Gasteiger partial charge in [0, 0.05) is 12.0 Å². The van der Waals surface area contributed by atoms with Gasteiger partial charge in [-0.1, -0.05) is 20.8 Å². The van der Waals surface area contributed by atoms with Gasteiger partial charge in [0.25, 0.3) is 0 Å². The first-order valence-corrected chi connectivity index (χ1v) is 6.66. The summed E-state index contributed by atoms with van der Waals surface area (Å²) in [6.45, 7) is 16.9. The zero-order valence-corrected chi connectivity index (χ0v) is 13.1. The predicted molar refractivity (Wildman–Crippen MR) is 78.5 cm³/mol. The minimum Gasteiger partial charge on any atom is -0.294 e. The molecule has 1 heteroatoms. The molecule has 1 aromatic carbocycles. The fraction of sp³-hybridized carbons (Fsp3) is 0.588. The van der Waals surface area contributed by atoms with Crippen molar-refractivity contribution in [2.75, 3.05) is 0 Å². The Balaban J connectivity index is 3.38. The molecular weight excluding hydrogens is 220 g/mol. The molecule has 1 rings (SSSR count). The fourth-order valence-electron chi connectivity index (χ4n) is 2.49. The van der Waals surface area contributed by atoms with Crippen LogP contribution in [0.25, 0.3) is 0 Å². The molecule has 0 aromatic heterocycles. The Kier molecular flexibility index (Phi) is 4.05. The Morgan fingerprint density at radius 3 is 1.44 bits per heavy atom. The maximum absolute atomic E-state index is 12.5. The zero-order valence-electron chi connectivity index (χ0n) is 13.1. The Morgan fingerprint density at radius 1 is 0.778 bits per heavy atom. The summed E-state index contributed by atoms with van der Waals surface area (Å²) in [5, 5.41) is 0. The van der Waals surface area contributed by atoms with Gasteiger partial charge in [0.05, 0.1) is 0 Å². The van der Waals surface area contributed by atoms with Gasteiger partial charge in [-0.25, -0.2) is 0 Å². The Hall–Kier alpha value is -1.11. The van der Waals surface area contributed by atoms with E-state index in [2.05, 4.69) is 55.4 Å². The highest BCUT2D eigenvalue weighted by atomic mass is 16.1. The minimum absolute atomic E-state index is 0.0443. The van der Waals surface area contributed by atoms with Crippen LogP contribution in [0.2, 0.25) is 0 Å².